The third kappa shape index (κ3) is 4.32. The van der Waals surface area contributed by atoms with E-state index in [1.54, 1.807) is 0 Å². The molecule has 2 atom stereocenters. The first-order valence-corrected chi connectivity index (χ1v) is 14.1. The summed E-state index contributed by atoms with van der Waals surface area (Å²) in [7, 11) is -1.98. The van der Waals surface area contributed by atoms with E-state index in [0.717, 1.165) is 43.6 Å². The summed E-state index contributed by atoms with van der Waals surface area (Å²) < 4.78 is 12.7. The van der Waals surface area contributed by atoms with Crippen LogP contribution in [0.1, 0.15) is 89.7 Å². The van der Waals surface area contributed by atoms with Gasteiger partial charge in [0.05, 0.1) is 5.92 Å². The highest BCUT2D eigenvalue weighted by Gasteiger charge is 2.44. The van der Waals surface area contributed by atoms with E-state index in [2.05, 4.69) is 52.9 Å². The van der Waals surface area contributed by atoms with Crippen LogP contribution in [0.2, 0.25) is 18.1 Å². The number of rotatable bonds is 6. The standard InChI is InChI=1S/C24H38O3Si/c1-7-8-9-12-17-15-20-22(18-13-10-11-14-19(18)23(25)26-20)21(16-17)27-28(5,6)24(2,3)4/h15-16,18-19H,7-14H2,1-6H3/t18?,19-/m0/s1. The van der Waals surface area contributed by atoms with Crippen LogP contribution in [0, 0.1) is 5.92 Å². The second kappa shape index (κ2) is 8.21. The lowest BCUT2D eigenvalue weighted by molar-refractivity contribution is -0.142. The van der Waals surface area contributed by atoms with E-state index >= 15 is 0 Å². The number of ether oxygens (including phenoxy) is 1. The maximum Gasteiger partial charge on any atom is 0.314 e. The Kier molecular flexibility index (Phi) is 6.28. The lowest BCUT2D eigenvalue weighted by Gasteiger charge is -2.40. The minimum Gasteiger partial charge on any atom is -0.543 e. The first kappa shape index (κ1) is 21.4. The zero-order valence-corrected chi connectivity index (χ0v) is 19.7. The molecule has 3 nitrogen and oxygen atoms in total. The zero-order chi connectivity index (χ0) is 20.5. The zero-order valence-electron chi connectivity index (χ0n) is 18.7. The second-order valence-electron chi connectivity index (χ2n) is 10.2. The molecule has 1 aromatic rings. The fraction of sp³-hybridized carbons (Fsp3) is 0.708. The van der Waals surface area contributed by atoms with E-state index in [9.17, 15) is 4.79 Å². The third-order valence-electron chi connectivity index (χ3n) is 7.05. The van der Waals surface area contributed by atoms with Gasteiger partial charge in [-0.3, -0.25) is 4.79 Å². The van der Waals surface area contributed by atoms with Crippen molar-refractivity contribution >= 4 is 14.3 Å². The Morgan fingerprint density at radius 2 is 1.79 bits per heavy atom. The summed E-state index contributed by atoms with van der Waals surface area (Å²) >= 11 is 0. The van der Waals surface area contributed by atoms with E-state index in [0.29, 0.717) is 0 Å². The summed E-state index contributed by atoms with van der Waals surface area (Å²) in [5, 5.41) is 0.134. The van der Waals surface area contributed by atoms with Crippen molar-refractivity contribution in [3.8, 4) is 11.5 Å². The van der Waals surface area contributed by atoms with E-state index in [4.69, 9.17) is 9.16 Å². The molecule has 1 saturated carbocycles. The smallest absolute Gasteiger partial charge is 0.314 e. The molecular weight excluding hydrogens is 364 g/mol. The maximum absolute atomic E-state index is 12.7. The first-order chi connectivity index (χ1) is 13.1. The van der Waals surface area contributed by atoms with Gasteiger partial charge >= 0.3 is 5.97 Å². The summed E-state index contributed by atoms with van der Waals surface area (Å²) in [5.41, 5.74) is 2.41. The van der Waals surface area contributed by atoms with Crippen molar-refractivity contribution in [1.82, 2.24) is 0 Å². The summed E-state index contributed by atoms with van der Waals surface area (Å²) in [5.74, 6) is 2.01. The monoisotopic (exact) mass is 402 g/mol. The molecule has 0 N–H and O–H groups in total. The average molecular weight is 403 g/mol. The number of esters is 1. The van der Waals surface area contributed by atoms with Gasteiger partial charge in [-0.15, -0.1) is 0 Å². The van der Waals surface area contributed by atoms with Crippen LogP contribution in [0.5, 0.6) is 11.5 Å². The van der Waals surface area contributed by atoms with Gasteiger partial charge in [0.15, 0.2) is 0 Å². The highest BCUT2D eigenvalue weighted by molar-refractivity contribution is 6.74. The van der Waals surface area contributed by atoms with Crippen molar-refractivity contribution < 1.29 is 14.0 Å². The minimum absolute atomic E-state index is 0.00829. The quantitative estimate of drug-likeness (QED) is 0.222. The van der Waals surface area contributed by atoms with Crippen LogP contribution in [-0.2, 0) is 11.2 Å². The first-order valence-electron chi connectivity index (χ1n) is 11.2. The van der Waals surface area contributed by atoms with Gasteiger partial charge < -0.3 is 9.16 Å². The number of aryl methyl sites for hydroxylation is 1. The van der Waals surface area contributed by atoms with Crippen LogP contribution in [0.4, 0.5) is 0 Å². The largest absolute Gasteiger partial charge is 0.543 e. The summed E-state index contributed by atoms with van der Waals surface area (Å²) in [6, 6.07) is 4.38. The van der Waals surface area contributed by atoms with Crippen LogP contribution < -0.4 is 9.16 Å². The third-order valence-corrected chi connectivity index (χ3v) is 11.4. The topological polar surface area (TPSA) is 35.5 Å². The molecule has 0 amide bonds. The van der Waals surface area contributed by atoms with Crippen molar-refractivity contribution in [2.75, 3.05) is 0 Å². The number of carbonyl (C=O) groups is 1. The van der Waals surface area contributed by atoms with Crippen LogP contribution >= 0.6 is 0 Å². The van der Waals surface area contributed by atoms with Gasteiger partial charge in [-0.25, -0.2) is 0 Å². The molecule has 28 heavy (non-hydrogen) atoms. The predicted octanol–water partition coefficient (Wildman–Crippen LogP) is 7.00. The van der Waals surface area contributed by atoms with Gasteiger partial charge in [-0.1, -0.05) is 53.4 Å². The van der Waals surface area contributed by atoms with Gasteiger partial charge in [0.2, 0.25) is 8.32 Å². The maximum atomic E-state index is 12.7. The van der Waals surface area contributed by atoms with Crippen molar-refractivity contribution in [2.24, 2.45) is 5.92 Å². The minimum atomic E-state index is -1.98. The van der Waals surface area contributed by atoms with Crippen LogP contribution in [0.3, 0.4) is 0 Å². The number of benzene rings is 1. The highest BCUT2D eigenvalue weighted by Crippen LogP contribution is 2.51. The molecule has 1 aliphatic carbocycles. The number of fused-ring (bicyclic) bond motifs is 3. The van der Waals surface area contributed by atoms with Gasteiger partial charge in [0.1, 0.15) is 11.5 Å². The molecule has 4 heteroatoms. The number of carbonyl (C=O) groups excluding carboxylic acids is 1. The van der Waals surface area contributed by atoms with E-state index in [-0.39, 0.29) is 22.8 Å². The predicted molar refractivity (Wildman–Crippen MR) is 118 cm³/mol. The Balaban J connectivity index is 2.03. The SMILES string of the molecule is CCCCCc1cc2c(c(O[Si](C)(C)C(C)(C)C)c1)C1CCCC[C@@H]1C(=O)O2. The molecule has 3 rings (SSSR count). The number of hydrogen-bond donors (Lipinski definition) is 0. The lowest BCUT2D eigenvalue weighted by atomic mass is 9.73. The second-order valence-corrected chi connectivity index (χ2v) is 15.0. The Morgan fingerprint density at radius 1 is 1.11 bits per heavy atom. The van der Waals surface area contributed by atoms with Crippen molar-refractivity contribution in [3.05, 3.63) is 23.3 Å². The Hall–Kier alpha value is -1.29. The Labute approximate surface area is 172 Å². The average Bonchev–Trinajstić information content (AvgIpc) is 2.60. The van der Waals surface area contributed by atoms with Gasteiger partial charge in [-0.2, -0.15) is 0 Å². The molecule has 2 aliphatic rings. The molecule has 0 bridgehead atoms. The van der Waals surface area contributed by atoms with Crippen molar-refractivity contribution in [1.29, 1.82) is 0 Å². The molecule has 1 aliphatic heterocycles. The van der Waals surface area contributed by atoms with Gasteiger partial charge in [0.25, 0.3) is 0 Å². The molecule has 0 radical (unpaired) electrons. The molecule has 0 spiro atoms. The van der Waals surface area contributed by atoms with E-state index in [1.165, 1.54) is 30.4 Å². The van der Waals surface area contributed by atoms with Crippen LogP contribution in [0.15, 0.2) is 12.1 Å². The molecule has 0 aromatic heterocycles. The fourth-order valence-electron chi connectivity index (χ4n) is 4.28. The van der Waals surface area contributed by atoms with Gasteiger partial charge in [0, 0.05) is 11.5 Å². The summed E-state index contributed by atoms with van der Waals surface area (Å²) in [6.07, 6.45) is 8.92. The Morgan fingerprint density at radius 3 is 2.43 bits per heavy atom. The lowest BCUT2D eigenvalue weighted by Crippen LogP contribution is -2.44. The normalized spacial score (nSPS) is 22.3. The van der Waals surface area contributed by atoms with Gasteiger partial charge in [-0.05, 0) is 61.5 Å². The molecule has 1 heterocycles. The highest BCUT2D eigenvalue weighted by atomic mass is 28.4. The van der Waals surface area contributed by atoms with E-state index < -0.39 is 8.32 Å². The van der Waals surface area contributed by atoms with E-state index in [1.807, 2.05) is 0 Å². The molecule has 0 saturated heterocycles. The molecule has 156 valence electrons. The summed E-state index contributed by atoms with van der Waals surface area (Å²) in [4.78, 5) is 12.7. The van der Waals surface area contributed by atoms with Crippen LogP contribution in [0.25, 0.3) is 0 Å². The Bertz CT molecular complexity index is 717. The fourth-order valence-corrected chi connectivity index (χ4v) is 5.31. The van der Waals surface area contributed by atoms with Crippen molar-refractivity contribution in [3.63, 3.8) is 0 Å². The molecule has 1 aromatic carbocycles. The summed E-state index contributed by atoms with van der Waals surface area (Å²) in [6.45, 7) is 13.7. The van der Waals surface area contributed by atoms with Crippen molar-refractivity contribution in [2.45, 2.75) is 103 Å². The number of hydrogen-bond acceptors (Lipinski definition) is 3. The van der Waals surface area contributed by atoms with Crippen LogP contribution in [-0.4, -0.2) is 14.3 Å². The molecular formula is C24H38O3Si. The molecule has 1 fully saturated rings. The number of unbranched alkanes of at least 4 members (excludes halogenated alkanes) is 2. The molecule has 1 unspecified atom stereocenters.